The predicted molar refractivity (Wildman–Crippen MR) is 107 cm³/mol. The van der Waals surface area contributed by atoms with Crippen molar-refractivity contribution in [2.45, 2.75) is 39.0 Å². The van der Waals surface area contributed by atoms with Crippen molar-refractivity contribution in [3.63, 3.8) is 0 Å². The molecule has 26 heavy (non-hydrogen) atoms. The van der Waals surface area contributed by atoms with Crippen molar-refractivity contribution in [3.05, 3.63) is 52.0 Å². The summed E-state index contributed by atoms with van der Waals surface area (Å²) in [4.78, 5) is 11.5. The molecule has 1 aliphatic heterocycles. The molecule has 1 N–H and O–H groups in total. The van der Waals surface area contributed by atoms with Crippen molar-refractivity contribution in [1.29, 1.82) is 0 Å². The summed E-state index contributed by atoms with van der Waals surface area (Å²) in [5.74, 6) is 5.96. The van der Waals surface area contributed by atoms with E-state index in [1.165, 1.54) is 16.9 Å². The Morgan fingerprint density at radius 3 is 2.42 bits per heavy atom. The molecule has 0 amide bonds. The van der Waals surface area contributed by atoms with Gasteiger partial charge in [0, 0.05) is 43.4 Å². The van der Waals surface area contributed by atoms with Gasteiger partial charge in [-0.25, -0.2) is 0 Å². The van der Waals surface area contributed by atoms with Crippen molar-refractivity contribution in [2.24, 2.45) is 0 Å². The summed E-state index contributed by atoms with van der Waals surface area (Å²) in [7, 11) is 0. The van der Waals surface area contributed by atoms with E-state index in [1.807, 2.05) is 12.4 Å². The molecule has 5 heteroatoms. The molecule has 0 atom stereocenters. The second kappa shape index (κ2) is 8.79. The maximum absolute atomic E-state index is 9.72. The van der Waals surface area contributed by atoms with E-state index in [0.29, 0.717) is 0 Å². The summed E-state index contributed by atoms with van der Waals surface area (Å²) in [6.07, 6.45) is 4.94. The quantitative estimate of drug-likeness (QED) is 0.841. The average Bonchev–Trinajstić information content (AvgIpc) is 2.94. The lowest BCUT2D eigenvalue weighted by Gasteiger charge is -2.21. The maximum Gasteiger partial charge on any atom is 0.120 e. The van der Waals surface area contributed by atoms with Crippen LogP contribution in [0.2, 0.25) is 0 Å². The molecule has 1 aliphatic rings. The first-order chi connectivity index (χ1) is 12.5. The molecule has 3 rings (SSSR count). The van der Waals surface area contributed by atoms with Gasteiger partial charge in [-0.3, -0.25) is 14.8 Å². The molecular weight excluding hydrogens is 342 g/mol. The highest BCUT2D eigenvalue weighted by Crippen LogP contribution is 2.19. The van der Waals surface area contributed by atoms with Gasteiger partial charge in [0.15, 0.2) is 0 Å². The van der Waals surface area contributed by atoms with Gasteiger partial charge in [0.2, 0.25) is 0 Å². The fourth-order valence-electron chi connectivity index (χ4n) is 3.05. The summed E-state index contributed by atoms with van der Waals surface area (Å²) in [5.41, 5.74) is 0.398. The molecule has 1 fully saturated rings. The largest absolute Gasteiger partial charge is 0.378 e. The van der Waals surface area contributed by atoms with Gasteiger partial charge in [0.05, 0.1) is 4.88 Å². The highest BCUT2D eigenvalue weighted by Gasteiger charge is 2.16. The van der Waals surface area contributed by atoms with Crippen LogP contribution in [0.4, 0.5) is 0 Å². The Morgan fingerprint density at radius 1 is 1.04 bits per heavy atom. The molecule has 2 aromatic heterocycles. The van der Waals surface area contributed by atoms with E-state index in [1.54, 1.807) is 25.2 Å². The Kier molecular flexibility index (Phi) is 6.44. The lowest BCUT2D eigenvalue weighted by molar-refractivity contribution is 0.143. The molecule has 0 unspecified atom stereocenters. The number of rotatable bonds is 4. The van der Waals surface area contributed by atoms with E-state index in [4.69, 9.17) is 0 Å². The number of thiophene rings is 1. The minimum atomic E-state index is -0.937. The van der Waals surface area contributed by atoms with Crippen LogP contribution < -0.4 is 0 Å². The molecule has 0 aliphatic carbocycles. The monoisotopic (exact) mass is 369 g/mol. The van der Waals surface area contributed by atoms with Crippen LogP contribution in [0, 0.1) is 11.8 Å². The van der Waals surface area contributed by atoms with Gasteiger partial charge in [-0.2, -0.15) is 0 Å². The average molecular weight is 370 g/mol. The van der Waals surface area contributed by atoms with Crippen LogP contribution >= 0.6 is 11.3 Å². The lowest BCUT2D eigenvalue weighted by atomic mass is 10.1. The van der Waals surface area contributed by atoms with Crippen LogP contribution in [0.15, 0.2) is 36.7 Å². The molecule has 4 nitrogen and oxygen atoms in total. The summed E-state index contributed by atoms with van der Waals surface area (Å²) in [6.45, 7) is 9.88. The summed E-state index contributed by atoms with van der Waals surface area (Å²) < 4.78 is 0. The highest BCUT2D eigenvalue weighted by atomic mass is 32.1. The molecule has 138 valence electrons. The van der Waals surface area contributed by atoms with Gasteiger partial charge in [-0.1, -0.05) is 11.8 Å². The first-order valence-electron chi connectivity index (χ1n) is 9.16. The zero-order valence-corrected chi connectivity index (χ0v) is 16.4. The number of aliphatic hydroxyl groups is 1. The third-order valence-corrected chi connectivity index (χ3v) is 5.35. The Hall–Kier alpha value is -1.71. The molecular formula is C21H27N3OS. The number of pyridine rings is 1. The van der Waals surface area contributed by atoms with E-state index >= 15 is 0 Å². The molecule has 1 saturated heterocycles. The van der Waals surface area contributed by atoms with E-state index < -0.39 is 5.60 Å². The van der Waals surface area contributed by atoms with Crippen molar-refractivity contribution in [3.8, 4) is 11.8 Å². The number of nitrogens with zero attached hydrogens (tertiary/aromatic N) is 3. The molecule has 0 bridgehead atoms. The van der Waals surface area contributed by atoms with E-state index in [0.717, 1.165) is 44.1 Å². The highest BCUT2D eigenvalue weighted by molar-refractivity contribution is 7.12. The van der Waals surface area contributed by atoms with Gasteiger partial charge < -0.3 is 5.11 Å². The first-order valence-corrected chi connectivity index (χ1v) is 9.97. The third kappa shape index (κ3) is 6.22. The molecule has 0 aromatic carbocycles. The van der Waals surface area contributed by atoms with Gasteiger partial charge in [0.1, 0.15) is 5.60 Å². The van der Waals surface area contributed by atoms with E-state index in [-0.39, 0.29) is 0 Å². The Bertz CT molecular complexity index is 755. The predicted octanol–water partition coefficient (Wildman–Crippen LogP) is 2.97. The van der Waals surface area contributed by atoms with Crippen molar-refractivity contribution >= 4 is 11.3 Å². The SMILES string of the molecule is CC(C)(O)C#Cc1ccc(CN2CCCN(Cc3ccncc3)CC2)s1. The number of hydrogen-bond donors (Lipinski definition) is 1. The van der Waals surface area contributed by atoms with E-state index in [9.17, 15) is 5.11 Å². The fourth-order valence-corrected chi connectivity index (χ4v) is 3.96. The molecule has 0 radical (unpaired) electrons. The Labute approximate surface area is 160 Å². The zero-order valence-electron chi connectivity index (χ0n) is 15.6. The van der Waals surface area contributed by atoms with Crippen molar-refractivity contribution in [2.75, 3.05) is 26.2 Å². The lowest BCUT2D eigenvalue weighted by Crippen LogP contribution is -2.30. The van der Waals surface area contributed by atoms with Crippen molar-refractivity contribution < 1.29 is 5.11 Å². The summed E-state index contributed by atoms with van der Waals surface area (Å²) >= 11 is 1.73. The zero-order chi connectivity index (χ0) is 18.4. The third-order valence-electron chi connectivity index (χ3n) is 4.37. The number of aromatic nitrogens is 1. The second-order valence-electron chi connectivity index (χ2n) is 7.34. The molecule has 0 saturated carbocycles. The normalized spacial score (nSPS) is 16.7. The van der Waals surface area contributed by atoms with Crippen LogP contribution in [-0.4, -0.2) is 51.7 Å². The Morgan fingerprint density at radius 2 is 1.73 bits per heavy atom. The summed E-state index contributed by atoms with van der Waals surface area (Å²) in [5, 5.41) is 9.72. The number of hydrogen-bond acceptors (Lipinski definition) is 5. The van der Waals surface area contributed by atoms with Crippen LogP contribution in [0.25, 0.3) is 0 Å². The van der Waals surface area contributed by atoms with Crippen LogP contribution in [-0.2, 0) is 13.1 Å². The fraction of sp³-hybridized carbons (Fsp3) is 0.476. The van der Waals surface area contributed by atoms with Gasteiger partial charge >= 0.3 is 0 Å². The summed E-state index contributed by atoms with van der Waals surface area (Å²) in [6, 6.07) is 8.43. The van der Waals surface area contributed by atoms with Crippen LogP contribution in [0.1, 0.15) is 35.6 Å². The van der Waals surface area contributed by atoms with Gasteiger partial charge in [0.25, 0.3) is 0 Å². The minimum Gasteiger partial charge on any atom is -0.378 e. The smallest absolute Gasteiger partial charge is 0.120 e. The topological polar surface area (TPSA) is 39.6 Å². The van der Waals surface area contributed by atoms with Crippen LogP contribution in [0.3, 0.4) is 0 Å². The molecule has 0 spiro atoms. The van der Waals surface area contributed by atoms with Crippen LogP contribution in [0.5, 0.6) is 0 Å². The van der Waals surface area contributed by atoms with Gasteiger partial charge in [-0.05, 0) is 63.2 Å². The van der Waals surface area contributed by atoms with Gasteiger partial charge in [-0.15, -0.1) is 11.3 Å². The molecule has 2 aromatic rings. The Balaban J connectivity index is 1.52. The van der Waals surface area contributed by atoms with Crippen molar-refractivity contribution in [1.82, 2.24) is 14.8 Å². The first kappa shape index (κ1) is 19.1. The molecule has 3 heterocycles. The maximum atomic E-state index is 9.72. The van der Waals surface area contributed by atoms with E-state index in [2.05, 4.69) is 50.9 Å². The standard InChI is InChI=1S/C21H27N3OS/c1-21(2,25)9-6-19-4-5-20(26-19)17-24-13-3-12-23(14-15-24)16-18-7-10-22-11-8-18/h4-5,7-8,10-11,25H,3,12-17H2,1-2H3. The second-order valence-corrected chi connectivity index (χ2v) is 8.50. The minimum absolute atomic E-state index is 0.937.